The number of allylic oxidation sites excluding steroid dienone is 3. The van der Waals surface area contributed by atoms with E-state index in [1.807, 2.05) is 63.2 Å². The van der Waals surface area contributed by atoms with Crippen LogP contribution in [0.1, 0.15) is 61.6 Å². The normalized spacial score (nSPS) is 20.9. The van der Waals surface area contributed by atoms with Gasteiger partial charge in [-0.15, -0.1) is 0 Å². The first-order valence-electron chi connectivity index (χ1n) is 11.0. The molecule has 0 spiro atoms. The van der Waals surface area contributed by atoms with Crippen LogP contribution >= 0.6 is 0 Å². The summed E-state index contributed by atoms with van der Waals surface area (Å²) in [4.78, 5) is 26.5. The molecule has 4 nitrogen and oxygen atoms in total. The molecule has 2 aromatic carbocycles. The predicted molar refractivity (Wildman–Crippen MR) is 121 cm³/mol. The molecule has 0 bridgehead atoms. The van der Waals surface area contributed by atoms with Crippen LogP contribution in [0.25, 0.3) is 0 Å². The maximum atomic E-state index is 13.5. The number of ether oxygens (including phenoxy) is 1. The number of hydrogen-bond acceptors (Lipinski definition) is 4. The monoisotopic (exact) mass is 415 g/mol. The Hall–Kier alpha value is -3.14. The van der Waals surface area contributed by atoms with Gasteiger partial charge in [0.2, 0.25) is 0 Å². The molecule has 0 fully saturated rings. The minimum absolute atomic E-state index is 0.0986. The zero-order valence-corrected chi connectivity index (χ0v) is 18.4. The molecule has 4 rings (SSSR count). The van der Waals surface area contributed by atoms with Crippen molar-refractivity contribution in [2.24, 2.45) is 0 Å². The van der Waals surface area contributed by atoms with Crippen molar-refractivity contribution in [3.8, 4) is 0 Å². The van der Waals surface area contributed by atoms with Gasteiger partial charge in [0, 0.05) is 29.3 Å². The highest BCUT2D eigenvalue weighted by Crippen LogP contribution is 2.45. The van der Waals surface area contributed by atoms with Crippen molar-refractivity contribution in [1.29, 1.82) is 0 Å². The Morgan fingerprint density at radius 1 is 1.00 bits per heavy atom. The van der Waals surface area contributed by atoms with Gasteiger partial charge >= 0.3 is 5.97 Å². The van der Waals surface area contributed by atoms with Gasteiger partial charge in [0.1, 0.15) is 0 Å². The second-order valence-corrected chi connectivity index (χ2v) is 8.47. The fourth-order valence-electron chi connectivity index (χ4n) is 4.64. The van der Waals surface area contributed by atoms with E-state index in [1.54, 1.807) is 0 Å². The molecular formula is C27H29NO3. The van der Waals surface area contributed by atoms with Crippen LogP contribution in [0.15, 0.2) is 77.1 Å². The fraction of sp³-hybridized carbons (Fsp3) is 0.333. The first-order chi connectivity index (χ1) is 15.0. The van der Waals surface area contributed by atoms with Gasteiger partial charge in [-0.3, -0.25) is 4.79 Å². The summed E-state index contributed by atoms with van der Waals surface area (Å²) in [5, 5.41) is 3.40. The maximum Gasteiger partial charge on any atom is 0.336 e. The molecule has 0 amide bonds. The van der Waals surface area contributed by atoms with Crippen LogP contribution in [0.4, 0.5) is 0 Å². The summed E-state index contributed by atoms with van der Waals surface area (Å²) < 4.78 is 5.51. The van der Waals surface area contributed by atoms with Crippen molar-refractivity contribution < 1.29 is 14.3 Å². The lowest BCUT2D eigenvalue weighted by molar-refractivity contribution is -0.139. The van der Waals surface area contributed by atoms with Crippen LogP contribution in [-0.2, 0) is 14.3 Å². The number of rotatable bonds is 5. The van der Waals surface area contributed by atoms with Gasteiger partial charge in [-0.2, -0.15) is 0 Å². The van der Waals surface area contributed by atoms with Crippen LogP contribution < -0.4 is 5.32 Å². The third-order valence-electron chi connectivity index (χ3n) is 6.17. The minimum atomic E-state index is -0.398. The topological polar surface area (TPSA) is 55.4 Å². The van der Waals surface area contributed by atoms with E-state index < -0.39 is 5.92 Å². The van der Waals surface area contributed by atoms with Crippen molar-refractivity contribution in [2.45, 2.75) is 51.9 Å². The predicted octanol–water partition coefficient (Wildman–Crippen LogP) is 5.31. The van der Waals surface area contributed by atoms with Gasteiger partial charge < -0.3 is 10.1 Å². The van der Waals surface area contributed by atoms with Crippen LogP contribution in [0, 0.1) is 6.92 Å². The number of nitrogens with one attached hydrogen (secondary N) is 1. The van der Waals surface area contributed by atoms with E-state index in [-0.39, 0.29) is 17.7 Å². The molecule has 2 aliphatic rings. The molecule has 1 heterocycles. The van der Waals surface area contributed by atoms with E-state index in [1.165, 1.54) is 5.56 Å². The average Bonchev–Trinajstić information content (AvgIpc) is 2.77. The molecule has 160 valence electrons. The Balaban J connectivity index is 1.77. The number of carbonyl (C=O) groups excluding carboxylic acids is 2. The van der Waals surface area contributed by atoms with Crippen LogP contribution in [0.5, 0.6) is 0 Å². The maximum absolute atomic E-state index is 13.5. The Morgan fingerprint density at radius 3 is 2.39 bits per heavy atom. The van der Waals surface area contributed by atoms with Gasteiger partial charge in [0.25, 0.3) is 0 Å². The third-order valence-corrected chi connectivity index (χ3v) is 6.17. The number of aryl methyl sites for hydroxylation is 1. The number of hydrogen-bond donors (Lipinski definition) is 1. The number of benzene rings is 2. The number of Topliss-reactive ketones (excluding diaryl/α,β-unsaturated/α-hetero) is 1. The molecule has 1 aliphatic heterocycles. The summed E-state index contributed by atoms with van der Waals surface area (Å²) in [6.07, 6.45) is 1.96. The summed E-state index contributed by atoms with van der Waals surface area (Å²) in [5.41, 5.74) is 6.22. The van der Waals surface area contributed by atoms with E-state index in [0.717, 1.165) is 35.4 Å². The van der Waals surface area contributed by atoms with Crippen LogP contribution in [-0.4, -0.2) is 18.4 Å². The molecule has 1 aliphatic carbocycles. The van der Waals surface area contributed by atoms with E-state index in [2.05, 4.69) is 17.4 Å². The minimum Gasteiger partial charge on any atom is -0.462 e. The highest BCUT2D eigenvalue weighted by atomic mass is 16.5. The smallest absolute Gasteiger partial charge is 0.336 e. The highest BCUT2D eigenvalue weighted by molar-refractivity contribution is 6.04. The third kappa shape index (κ3) is 4.20. The molecule has 2 aromatic rings. The van der Waals surface area contributed by atoms with Gasteiger partial charge in [0.15, 0.2) is 5.78 Å². The Morgan fingerprint density at radius 2 is 1.71 bits per heavy atom. The number of ketones is 1. The van der Waals surface area contributed by atoms with Gasteiger partial charge in [-0.05, 0) is 43.7 Å². The number of dihydropyridines is 1. The first-order valence-corrected chi connectivity index (χ1v) is 11.0. The SMILES string of the molecule is CCCOC(=O)C1=C(C)NC2=C(C(=O)C[C@@H](c3ccccc3)C2)[C@H]1c1ccc(C)cc1. The van der Waals surface area contributed by atoms with Crippen LogP contribution in [0.2, 0.25) is 0 Å². The quantitative estimate of drug-likeness (QED) is 0.673. The lowest BCUT2D eigenvalue weighted by Gasteiger charge is -2.36. The van der Waals surface area contributed by atoms with Gasteiger partial charge in [-0.1, -0.05) is 67.1 Å². The molecule has 4 heteroatoms. The van der Waals surface area contributed by atoms with E-state index in [9.17, 15) is 9.59 Å². The van der Waals surface area contributed by atoms with Gasteiger partial charge in [0.05, 0.1) is 12.2 Å². The van der Waals surface area contributed by atoms with Crippen molar-refractivity contribution >= 4 is 11.8 Å². The first kappa shape index (κ1) is 21.1. The van der Waals surface area contributed by atoms with Crippen molar-refractivity contribution in [3.63, 3.8) is 0 Å². The molecule has 0 aromatic heterocycles. The van der Waals surface area contributed by atoms with E-state index in [4.69, 9.17) is 4.74 Å². The molecule has 2 atom stereocenters. The lowest BCUT2D eigenvalue weighted by Crippen LogP contribution is -2.36. The lowest BCUT2D eigenvalue weighted by atomic mass is 9.71. The molecule has 0 saturated heterocycles. The summed E-state index contributed by atoms with van der Waals surface area (Å²) in [6.45, 7) is 6.28. The number of esters is 1. The molecule has 1 N–H and O–H groups in total. The highest BCUT2D eigenvalue weighted by Gasteiger charge is 2.41. The molecule has 0 radical (unpaired) electrons. The van der Waals surface area contributed by atoms with Crippen LogP contribution in [0.3, 0.4) is 0 Å². The zero-order chi connectivity index (χ0) is 22.0. The second-order valence-electron chi connectivity index (χ2n) is 8.47. The van der Waals surface area contributed by atoms with E-state index >= 15 is 0 Å². The Bertz CT molecular complexity index is 1050. The Labute approximate surface area is 184 Å². The summed E-state index contributed by atoms with van der Waals surface area (Å²) >= 11 is 0. The van der Waals surface area contributed by atoms with Crippen molar-refractivity contribution in [3.05, 3.63) is 93.8 Å². The summed E-state index contributed by atoms with van der Waals surface area (Å²) in [6, 6.07) is 18.3. The summed E-state index contributed by atoms with van der Waals surface area (Å²) in [7, 11) is 0. The zero-order valence-electron chi connectivity index (χ0n) is 18.4. The Kier molecular flexibility index (Phi) is 6.08. The molecule has 31 heavy (non-hydrogen) atoms. The summed E-state index contributed by atoms with van der Waals surface area (Å²) in [5.74, 6) is -0.506. The largest absolute Gasteiger partial charge is 0.462 e. The van der Waals surface area contributed by atoms with Gasteiger partial charge in [-0.25, -0.2) is 4.79 Å². The second kappa shape index (κ2) is 8.93. The van der Waals surface area contributed by atoms with Crippen molar-refractivity contribution in [2.75, 3.05) is 6.61 Å². The average molecular weight is 416 g/mol. The molecule has 0 saturated carbocycles. The molecular weight excluding hydrogens is 386 g/mol. The van der Waals surface area contributed by atoms with E-state index in [0.29, 0.717) is 24.2 Å². The van der Waals surface area contributed by atoms with Crippen molar-refractivity contribution in [1.82, 2.24) is 5.32 Å². The fourth-order valence-corrected chi connectivity index (χ4v) is 4.64. The molecule has 0 unspecified atom stereocenters. The number of carbonyl (C=O) groups is 2. The standard InChI is InChI=1S/C27H29NO3/c1-4-14-31-27(30)24-18(3)28-22-15-21(19-8-6-5-7-9-19)16-23(29)26(22)25(24)20-12-10-17(2)11-13-20/h5-13,21,25,28H,4,14-16H2,1-3H3/t21-,25-/m0/s1.